The van der Waals surface area contributed by atoms with Crippen LogP contribution in [0.4, 0.5) is 4.79 Å². The highest BCUT2D eigenvalue weighted by atomic mass is 16.6. The standard InChI is InChI=1S/C33H34N2O6/c1-5-35(32(39)40-19-26-22-14-8-6-12-20(22)21-13-7-9-15-23(21)26)28(30(36)37)18-25-24-16-10-11-17-27(24)34-29(25)31(38)41-33(2,3)4/h6-17,26,28,34H,5,18-19H2,1-4H3,(H,36,37)/t28-/m0/s1. The van der Waals surface area contributed by atoms with Crippen molar-refractivity contribution in [2.75, 3.05) is 13.2 Å². The number of likely N-dealkylation sites (N-methyl/N-ethyl adjacent to an activating group) is 1. The van der Waals surface area contributed by atoms with E-state index in [0.717, 1.165) is 22.3 Å². The minimum atomic E-state index is -1.27. The van der Waals surface area contributed by atoms with Crippen LogP contribution in [0.2, 0.25) is 0 Å². The van der Waals surface area contributed by atoms with E-state index >= 15 is 0 Å². The SMILES string of the molecule is CCN(C(=O)OCC1c2ccccc2-c2ccccc21)[C@@H](Cc1c(C(=O)OC(C)(C)C)[nH]c2ccccc12)C(=O)O. The van der Waals surface area contributed by atoms with Gasteiger partial charge in [0.15, 0.2) is 0 Å². The van der Waals surface area contributed by atoms with Crippen LogP contribution < -0.4 is 0 Å². The number of rotatable bonds is 8. The first-order chi connectivity index (χ1) is 19.6. The van der Waals surface area contributed by atoms with Crippen molar-refractivity contribution in [1.29, 1.82) is 0 Å². The lowest BCUT2D eigenvalue weighted by atomic mass is 9.98. The van der Waals surface area contributed by atoms with E-state index in [4.69, 9.17) is 9.47 Å². The molecule has 8 heteroatoms. The molecule has 1 aromatic heterocycles. The number of carbonyl (C=O) groups excluding carboxylic acids is 2. The van der Waals surface area contributed by atoms with Crippen LogP contribution in [0.15, 0.2) is 72.8 Å². The van der Waals surface area contributed by atoms with E-state index in [1.54, 1.807) is 27.7 Å². The number of benzene rings is 3. The molecule has 212 valence electrons. The number of para-hydroxylation sites is 1. The highest BCUT2D eigenvalue weighted by Gasteiger charge is 2.35. The van der Waals surface area contributed by atoms with Crippen molar-refractivity contribution in [2.45, 2.75) is 51.7 Å². The minimum Gasteiger partial charge on any atom is -0.480 e. The zero-order valence-corrected chi connectivity index (χ0v) is 23.6. The van der Waals surface area contributed by atoms with Crippen molar-refractivity contribution >= 4 is 28.9 Å². The number of carbonyl (C=O) groups is 3. The van der Waals surface area contributed by atoms with Crippen LogP contribution in [0.5, 0.6) is 0 Å². The van der Waals surface area contributed by atoms with Crippen LogP contribution in [0, 0.1) is 0 Å². The molecule has 0 spiro atoms. The minimum absolute atomic E-state index is 0.0753. The number of nitrogens with one attached hydrogen (secondary N) is 1. The van der Waals surface area contributed by atoms with E-state index in [0.29, 0.717) is 16.5 Å². The summed E-state index contributed by atoms with van der Waals surface area (Å²) in [6.45, 7) is 7.20. The third-order valence-electron chi connectivity index (χ3n) is 7.39. The molecule has 0 saturated heterocycles. The van der Waals surface area contributed by atoms with Gasteiger partial charge in [0.1, 0.15) is 23.9 Å². The fourth-order valence-electron chi connectivity index (χ4n) is 5.59. The van der Waals surface area contributed by atoms with Gasteiger partial charge >= 0.3 is 18.0 Å². The smallest absolute Gasteiger partial charge is 0.410 e. The van der Waals surface area contributed by atoms with Crippen molar-refractivity contribution in [2.24, 2.45) is 0 Å². The maximum absolute atomic E-state index is 13.4. The number of amides is 1. The summed E-state index contributed by atoms with van der Waals surface area (Å²) in [7, 11) is 0. The van der Waals surface area contributed by atoms with Crippen LogP contribution in [0.3, 0.4) is 0 Å². The Hall–Kier alpha value is -4.59. The number of ether oxygens (including phenoxy) is 2. The summed E-state index contributed by atoms with van der Waals surface area (Å²) >= 11 is 0. The second-order valence-electron chi connectivity index (χ2n) is 11.2. The summed E-state index contributed by atoms with van der Waals surface area (Å²) in [5.74, 6) is -1.93. The quantitative estimate of drug-likeness (QED) is 0.244. The fraction of sp³-hybridized carbons (Fsp3) is 0.303. The maximum Gasteiger partial charge on any atom is 0.410 e. The number of esters is 1. The Morgan fingerprint density at radius 1 is 0.927 bits per heavy atom. The van der Waals surface area contributed by atoms with Gasteiger partial charge in [-0.25, -0.2) is 14.4 Å². The van der Waals surface area contributed by atoms with E-state index in [1.807, 2.05) is 60.7 Å². The van der Waals surface area contributed by atoms with Crippen molar-refractivity contribution < 1.29 is 29.0 Å². The lowest BCUT2D eigenvalue weighted by molar-refractivity contribution is -0.142. The third-order valence-corrected chi connectivity index (χ3v) is 7.39. The normalized spacial score (nSPS) is 13.4. The predicted molar refractivity (Wildman–Crippen MR) is 156 cm³/mol. The van der Waals surface area contributed by atoms with E-state index in [9.17, 15) is 19.5 Å². The van der Waals surface area contributed by atoms with Crippen LogP contribution in [0.25, 0.3) is 22.0 Å². The Morgan fingerprint density at radius 3 is 2.10 bits per heavy atom. The van der Waals surface area contributed by atoms with Gasteiger partial charge in [0, 0.05) is 29.8 Å². The molecule has 3 aromatic carbocycles. The molecule has 1 aliphatic rings. The summed E-state index contributed by atoms with van der Waals surface area (Å²) < 4.78 is 11.4. The zero-order chi connectivity index (χ0) is 29.3. The van der Waals surface area contributed by atoms with Crippen LogP contribution >= 0.6 is 0 Å². The summed E-state index contributed by atoms with van der Waals surface area (Å²) in [6, 6.07) is 22.1. The zero-order valence-electron chi connectivity index (χ0n) is 23.6. The molecule has 0 fully saturated rings. The van der Waals surface area contributed by atoms with Crippen LogP contribution in [-0.2, 0) is 20.7 Å². The number of aliphatic carboxylic acids is 1. The lowest BCUT2D eigenvalue weighted by Crippen LogP contribution is -2.47. The van der Waals surface area contributed by atoms with Gasteiger partial charge in [-0.1, -0.05) is 66.7 Å². The molecule has 0 bridgehead atoms. The van der Waals surface area contributed by atoms with E-state index < -0.39 is 29.7 Å². The third kappa shape index (κ3) is 5.55. The molecule has 1 heterocycles. The number of H-pyrrole nitrogens is 1. The first kappa shape index (κ1) is 28.0. The summed E-state index contributed by atoms with van der Waals surface area (Å²) in [5.41, 5.74) is 4.94. The van der Waals surface area contributed by atoms with Gasteiger partial charge in [-0.15, -0.1) is 0 Å². The van der Waals surface area contributed by atoms with Gasteiger partial charge in [-0.3, -0.25) is 4.90 Å². The predicted octanol–water partition coefficient (Wildman–Crippen LogP) is 6.39. The number of carboxylic acids is 1. The second kappa shape index (κ2) is 11.1. The summed E-state index contributed by atoms with van der Waals surface area (Å²) in [6.07, 6.45) is -0.827. The van der Waals surface area contributed by atoms with Gasteiger partial charge in [0.2, 0.25) is 0 Å². The van der Waals surface area contributed by atoms with Gasteiger partial charge in [-0.05, 0) is 61.6 Å². The summed E-state index contributed by atoms with van der Waals surface area (Å²) in [4.78, 5) is 43.4. The number of aromatic amines is 1. The average Bonchev–Trinajstić information content (AvgIpc) is 3.46. The van der Waals surface area contributed by atoms with Crippen LogP contribution in [0.1, 0.15) is 60.8 Å². The average molecular weight is 555 g/mol. The molecule has 0 saturated carbocycles. The molecule has 1 atom stereocenters. The lowest BCUT2D eigenvalue weighted by Gasteiger charge is -2.28. The van der Waals surface area contributed by atoms with E-state index in [2.05, 4.69) is 17.1 Å². The molecular formula is C33H34N2O6. The molecule has 5 rings (SSSR count). The number of hydrogen-bond donors (Lipinski definition) is 2. The summed E-state index contributed by atoms with van der Waals surface area (Å²) in [5, 5.41) is 11.0. The molecule has 1 aliphatic carbocycles. The Labute approximate surface area is 238 Å². The molecule has 0 aliphatic heterocycles. The number of aromatic nitrogens is 1. The largest absolute Gasteiger partial charge is 0.480 e. The van der Waals surface area contributed by atoms with Gasteiger partial charge < -0.3 is 19.6 Å². The Bertz CT molecular complexity index is 1570. The molecule has 8 nitrogen and oxygen atoms in total. The molecule has 1 amide bonds. The first-order valence-electron chi connectivity index (χ1n) is 13.8. The number of fused-ring (bicyclic) bond motifs is 4. The Morgan fingerprint density at radius 2 is 1.51 bits per heavy atom. The van der Waals surface area contributed by atoms with Crippen LogP contribution in [-0.4, -0.2) is 57.8 Å². The maximum atomic E-state index is 13.4. The fourth-order valence-corrected chi connectivity index (χ4v) is 5.59. The Balaban J connectivity index is 1.41. The van der Waals surface area contributed by atoms with E-state index in [1.165, 1.54) is 4.90 Å². The molecule has 0 unspecified atom stereocenters. The number of hydrogen-bond acceptors (Lipinski definition) is 5. The van der Waals surface area contributed by atoms with Crippen molar-refractivity contribution in [3.05, 3.63) is 95.2 Å². The monoisotopic (exact) mass is 554 g/mol. The highest BCUT2D eigenvalue weighted by Crippen LogP contribution is 2.44. The molecule has 41 heavy (non-hydrogen) atoms. The first-order valence-corrected chi connectivity index (χ1v) is 13.8. The van der Waals surface area contributed by atoms with Gasteiger partial charge in [-0.2, -0.15) is 0 Å². The van der Waals surface area contributed by atoms with Gasteiger partial charge in [0.25, 0.3) is 0 Å². The van der Waals surface area contributed by atoms with Crippen molar-refractivity contribution in [3.8, 4) is 11.1 Å². The Kier molecular flexibility index (Phi) is 7.58. The van der Waals surface area contributed by atoms with Gasteiger partial charge in [0.05, 0.1) is 0 Å². The number of carboxylic acid groups (broad SMARTS) is 1. The molecule has 2 N–H and O–H groups in total. The van der Waals surface area contributed by atoms with E-state index in [-0.39, 0.29) is 31.2 Å². The highest BCUT2D eigenvalue weighted by molar-refractivity contribution is 5.99. The van der Waals surface area contributed by atoms with Crippen molar-refractivity contribution in [1.82, 2.24) is 9.88 Å². The number of nitrogens with zero attached hydrogens (tertiary/aromatic N) is 1. The second-order valence-corrected chi connectivity index (χ2v) is 11.2. The van der Waals surface area contributed by atoms with Crippen molar-refractivity contribution in [3.63, 3.8) is 0 Å². The topological polar surface area (TPSA) is 109 Å². The molecule has 0 radical (unpaired) electrons. The molecular weight excluding hydrogens is 520 g/mol. The molecule has 4 aromatic rings.